The molecule has 1 aliphatic heterocycles. The van der Waals surface area contributed by atoms with Crippen LogP contribution in [0.2, 0.25) is 0 Å². The average molecular weight is 256 g/mol. The molecule has 2 heterocycles. The summed E-state index contributed by atoms with van der Waals surface area (Å²) in [6, 6.07) is 4.05. The van der Waals surface area contributed by atoms with Gasteiger partial charge in [0.05, 0.1) is 11.8 Å². The van der Waals surface area contributed by atoms with E-state index in [2.05, 4.69) is 17.6 Å². The Morgan fingerprint density at radius 2 is 2.06 bits per heavy atom. The maximum atomic E-state index is 12.1. The lowest BCUT2D eigenvalue weighted by Gasteiger charge is -2.34. The van der Waals surface area contributed by atoms with Gasteiger partial charge in [-0.2, -0.15) is 4.31 Å². The van der Waals surface area contributed by atoms with Gasteiger partial charge in [0.1, 0.15) is 0 Å². The zero-order chi connectivity index (χ0) is 12.6. The molecule has 0 aromatic carbocycles. The van der Waals surface area contributed by atoms with Gasteiger partial charge in [-0.25, -0.2) is 8.42 Å². The molecule has 0 bridgehead atoms. The van der Waals surface area contributed by atoms with Crippen LogP contribution in [0, 0.1) is 6.92 Å². The van der Waals surface area contributed by atoms with E-state index in [-0.39, 0.29) is 11.8 Å². The van der Waals surface area contributed by atoms with Gasteiger partial charge in [0.2, 0.25) is 10.0 Å². The fraction of sp³-hybridized carbons (Fsp3) is 0.667. The summed E-state index contributed by atoms with van der Waals surface area (Å²) in [7, 11) is -3.10. The van der Waals surface area contributed by atoms with Gasteiger partial charge in [0, 0.05) is 24.5 Å². The van der Waals surface area contributed by atoms with Gasteiger partial charge in [-0.1, -0.05) is 6.92 Å². The molecule has 1 aromatic heterocycles. The highest BCUT2D eigenvalue weighted by atomic mass is 32.2. The lowest BCUT2D eigenvalue weighted by atomic mass is 10.2. The van der Waals surface area contributed by atoms with Gasteiger partial charge in [-0.3, -0.25) is 0 Å². The van der Waals surface area contributed by atoms with Crippen molar-refractivity contribution >= 4 is 10.0 Å². The maximum absolute atomic E-state index is 12.1. The van der Waals surface area contributed by atoms with Crippen molar-refractivity contribution in [3.8, 4) is 0 Å². The summed E-state index contributed by atoms with van der Waals surface area (Å²) in [5, 5.41) is 0. The van der Waals surface area contributed by atoms with E-state index in [1.165, 1.54) is 5.69 Å². The summed E-state index contributed by atoms with van der Waals surface area (Å²) in [5.74, 6) is 0.247. The van der Waals surface area contributed by atoms with Crippen LogP contribution in [0.15, 0.2) is 12.1 Å². The number of aryl methyl sites for hydroxylation is 1. The summed E-state index contributed by atoms with van der Waals surface area (Å²) in [6.45, 7) is 7.29. The molecule has 96 valence electrons. The molecule has 0 fully saturated rings. The predicted octanol–water partition coefficient (Wildman–Crippen LogP) is 1.91. The van der Waals surface area contributed by atoms with Crippen LogP contribution in [-0.2, 0) is 16.6 Å². The fourth-order valence-electron chi connectivity index (χ4n) is 2.55. The highest BCUT2D eigenvalue weighted by molar-refractivity contribution is 7.89. The Morgan fingerprint density at radius 1 is 1.35 bits per heavy atom. The Kier molecular flexibility index (Phi) is 3.32. The molecule has 4 nitrogen and oxygen atoms in total. The van der Waals surface area contributed by atoms with E-state index < -0.39 is 10.0 Å². The number of fused-ring (bicyclic) bond motifs is 1. The minimum absolute atomic E-state index is 0.0472. The Morgan fingerprint density at radius 3 is 2.71 bits per heavy atom. The summed E-state index contributed by atoms with van der Waals surface area (Å²) in [6.07, 6.45) is 0.672. The molecule has 1 unspecified atom stereocenters. The van der Waals surface area contributed by atoms with E-state index in [4.69, 9.17) is 0 Å². The highest BCUT2D eigenvalue weighted by Crippen LogP contribution is 2.29. The van der Waals surface area contributed by atoms with Crippen LogP contribution in [0.3, 0.4) is 0 Å². The number of sulfonamides is 1. The standard InChI is InChI=1S/C12H20N2O2S/c1-4-9-17(15,16)14-8-7-13-10(2)5-6-12(13)11(14)3/h5-6,11H,4,7-9H2,1-3H3. The van der Waals surface area contributed by atoms with Crippen molar-refractivity contribution in [2.75, 3.05) is 12.3 Å². The molecule has 0 spiro atoms. The summed E-state index contributed by atoms with van der Waals surface area (Å²) < 4.78 is 28.1. The molecule has 0 aliphatic carbocycles. The van der Waals surface area contributed by atoms with Crippen LogP contribution in [0.25, 0.3) is 0 Å². The van der Waals surface area contributed by atoms with Crippen molar-refractivity contribution in [2.24, 2.45) is 0 Å². The van der Waals surface area contributed by atoms with Gasteiger partial charge < -0.3 is 4.57 Å². The van der Waals surface area contributed by atoms with Crippen molar-refractivity contribution in [3.05, 3.63) is 23.5 Å². The topological polar surface area (TPSA) is 42.3 Å². The average Bonchev–Trinajstić information content (AvgIpc) is 2.61. The van der Waals surface area contributed by atoms with Gasteiger partial charge in [0.25, 0.3) is 0 Å². The zero-order valence-corrected chi connectivity index (χ0v) is 11.5. The first-order valence-corrected chi connectivity index (χ1v) is 7.74. The molecule has 1 atom stereocenters. The second kappa shape index (κ2) is 4.46. The number of hydrogen-bond donors (Lipinski definition) is 0. The van der Waals surface area contributed by atoms with Crippen LogP contribution in [-0.4, -0.2) is 29.6 Å². The monoisotopic (exact) mass is 256 g/mol. The number of aromatic nitrogens is 1. The second-order valence-electron chi connectivity index (χ2n) is 4.65. The molecule has 0 radical (unpaired) electrons. The SMILES string of the molecule is CCCS(=O)(=O)N1CCn2c(C)ccc2C1C. The third-order valence-electron chi connectivity index (χ3n) is 3.46. The molecule has 0 saturated carbocycles. The minimum Gasteiger partial charge on any atom is -0.346 e. The largest absolute Gasteiger partial charge is 0.346 e. The van der Waals surface area contributed by atoms with Crippen LogP contribution < -0.4 is 0 Å². The smallest absolute Gasteiger partial charge is 0.214 e. The summed E-state index contributed by atoms with van der Waals surface area (Å²) >= 11 is 0. The quantitative estimate of drug-likeness (QED) is 0.829. The number of hydrogen-bond acceptors (Lipinski definition) is 2. The Bertz CT molecular complexity index is 505. The van der Waals surface area contributed by atoms with Crippen molar-refractivity contribution < 1.29 is 8.42 Å². The van der Waals surface area contributed by atoms with Crippen molar-refractivity contribution in [3.63, 3.8) is 0 Å². The van der Waals surface area contributed by atoms with E-state index in [0.717, 1.165) is 12.2 Å². The first kappa shape index (κ1) is 12.6. The lowest BCUT2D eigenvalue weighted by Crippen LogP contribution is -2.42. The van der Waals surface area contributed by atoms with E-state index in [1.54, 1.807) is 4.31 Å². The summed E-state index contributed by atoms with van der Waals surface area (Å²) in [5.41, 5.74) is 2.31. The molecule has 1 aliphatic rings. The third kappa shape index (κ3) is 2.13. The van der Waals surface area contributed by atoms with Crippen molar-refractivity contribution in [1.29, 1.82) is 0 Å². The van der Waals surface area contributed by atoms with Crippen LogP contribution in [0.4, 0.5) is 0 Å². The van der Waals surface area contributed by atoms with Gasteiger partial charge >= 0.3 is 0 Å². The van der Waals surface area contributed by atoms with Crippen molar-refractivity contribution in [1.82, 2.24) is 8.87 Å². The van der Waals surface area contributed by atoms with Gasteiger partial charge in [-0.15, -0.1) is 0 Å². The molecular formula is C12H20N2O2S. The third-order valence-corrected chi connectivity index (χ3v) is 5.59. The van der Waals surface area contributed by atoms with Crippen LogP contribution >= 0.6 is 0 Å². The molecule has 0 amide bonds. The molecule has 2 rings (SSSR count). The predicted molar refractivity (Wildman–Crippen MR) is 68.4 cm³/mol. The summed E-state index contributed by atoms with van der Waals surface area (Å²) in [4.78, 5) is 0. The Balaban J connectivity index is 2.32. The molecule has 0 saturated heterocycles. The zero-order valence-electron chi connectivity index (χ0n) is 10.7. The molecule has 0 N–H and O–H groups in total. The minimum atomic E-state index is -3.10. The van der Waals surface area contributed by atoms with Crippen LogP contribution in [0.1, 0.15) is 37.7 Å². The van der Waals surface area contributed by atoms with E-state index in [9.17, 15) is 8.42 Å². The molecular weight excluding hydrogens is 236 g/mol. The van der Waals surface area contributed by atoms with Crippen LogP contribution in [0.5, 0.6) is 0 Å². The second-order valence-corrected chi connectivity index (χ2v) is 6.70. The number of rotatable bonds is 3. The maximum Gasteiger partial charge on any atom is 0.214 e. The van der Waals surface area contributed by atoms with E-state index in [0.29, 0.717) is 13.0 Å². The number of nitrogens with zero attached hydrogens (tertiary/aromatic N) is 2. The van der Waals surface area contributed by atoms with Gasteiger partial charge in [0.15, 0.2) is 0 Å². The Labute approximate surface area is 103 Å². The van der Waals surface area contributed by atoms with Gasteiger partial charge in [-0.05, 0) is 32.4 Å². The molecule has 5 heteroatoms. The van der Waals surface area contributed by atoms with Crippen molar-refractivity contribution in [2.45, 2.75) is 39.8 Å². The molecule has 17 heavy (non-hydrogen) atoms. The first-order valence-electron chi connectivity index (χ1n) is 6.13. The highest BCUT2D eigenvalue weighted by Gasteiger charge is 2.32. The first-order chi connectivity index (χ1) is 7.97. The van der Waals surface area contributed by atoms with E-state index in [1.807, 2.05) is 19.9 Å². The normalized spacial score (nSPS) is 21.5. The Hall–Kier alpha value is -0.810. The molecule has 1 aromatic rings. The van der Waals surface area contributed by atoms with E-state index >= 15 is 0 Å². The fourth-order valence-corrected chi connectivity index (χ4v) is 4.25. The lowest BCUT2D eigenvalue weighted by molar-refractivity contribution is 0.280.